The molecule has 17 rings (SSSR count). The fourth-order valence-electron chi connectivity index (χ4n) is 21.4. The molecule has 23 heteroatoms. The third-order valence-corrected chi connectivity index (χ3v) is 27.4. The van der Waals surface area contributed by atoms with Gasteiger partial charge in [0.25, 0.3) is 0 Å². The second kappa shape index (κ2) is 31.5. The first-order chi connectivity index (χ1) is 49.4. The van der Waals surface area contributed by atoms with Gasteiger partial charge in [0.1, 0.15) is 78.4 Å². The van der Waals surface area contributed by atoms with Gasteiger partial charge in [-0.05, 0) is 148 Å². The molecule has 9 unspecified atom stereocenters. The zero-order valence-corrected chi connectivity index (χ0v) is 61.0. The molecule has 20 bridgehead atoms. The number of aliphatic hydroxyl groups is 6. The van der Waals surface area contributed by atoms with Gasteiger partial charge in [-0.15, -0.1) is 0 Å². The molecule has 0 radical (unpaired) electrons. The minimum atomic E-state index is -1.08. The van der Waals surface area contributed by atoms with Gasteiger partial charge in [-0.1, -0.05) is 54.0 Å². The van der Waals surface area contributed by atoms with Crippen molar-refractivity contribution in [1.82, 2.24) is 0 Å². The molecule has 1 spiro atoms. The Hall–Kier alpha value is -2.83. The van der Waals surface area contributed by atoms with E-state index in [1.54, 1.807) is 0 Å². The lowest BCUT2D eigenvalue weighted by Crippen LogP contribution is -2.61. The highest BCUT2D eigenvalue weighted by Gasteiger charge is 2.69. The summed E-state index contributed by atoms with van der Waals surface area (Å²) in [6.45, 7) is 25.5. The number of carbonyl (C=O) groups excluding carboxylic acids is 3. The molecule has 576 valence electrons. The van der Waals surface area contributed by atoms with Crippen LogP contribution in [-0.2, 0) is 80.7 Å². The predicted octanol–water partition coefficient (Wildman–Crippen LogP) is 6.98. The Morgan fingerprint density at radius 2 is 0.854 bits per heavy atom. The summed E-state index contributed by atoms with van der Waals surface area (Å²) in [5.74, 6) is -0.318. The van der Waals surface area contributed by atoms with Crippen LogP contribution in [0.1, 0.15) is 195 Å². The molecular formula is C80H118O23. The van der Waals surface area contributed by atoms with Crippen molar-refractivity contribution in [1.29, 1.82) is 0 Å². The quantitative estimate of drug-likeness (QED) is 0.146. The number of fused-ring (bicyclic) bond motifs is 13. The highest BCUT2D eigenvalue weighted by atomic mass is 16.8. The van der Waals surface area contributed by atoms with Gasteiger partial charge in [-0.25, -0.2) is 0 Å². The van der Waals surface area contributed by atoms with Gasteiger partial charge < -0.3 is 97.0 Å². The van der Waals surface area contributed by atoms with Crippen LogP contribution in [0, 0.1) is 35.5 Å². The van der Waals surface area contributed by atoms with Gasteiger partial charge in [0.05, 0.1) is 135 Å². The summed E-state index contributed by atoms with van der Waals surface area (Å²) in [5, 5.41) is 62.5. The van der Waals surface area contributed by atoms with E-state index in [9.17, 15) is 45.0 Å². The van der Waals surface area contributed by atoms with Crippen LogP contribution in [0.15, 0.2) is 48.6 Å². The third-order valence-electron chi connectivity index (χ3n) is 27.4. The second-order valence-electron chi connectivity index (χ2n) is 34.5. The first kappa shape index (κ1) is 75.6. The van der Waals surface area contributed by atoms with Crippen molar-refractivity contribution in [3.8, 4) is 0 Å². The normalized spacial score (nSPS) is 50.8. The van der Waals surface area contributed by atoms with Gasteiger partial charge in [0.2, 0.25) is 0 Å². The number of ether oxygens (including phenoxy) is 14. The monoisotopic (exact) mass is 1450 g/mol. The number of hydrogen-bond acceptors (Lipinski definition) is 23. The van der Waals surface area contributed by atoms with Crippen LogP contribution in [-0.4, -0.2) is 250 Å². The van der Waals surface area contributed by atoms with E-state index in [4.69, 9.17) is 66.3 Å². The molecule has 0 aromatic carbocycles. The maximum absolute atomic E-state index is 14.0. The van der Waals surface area contributed by atoms with Crippen molar-refractivity contribution in [3.63, 3.8) is 0 Å². The maximum Gasteiger partial charge on any atom is 0.172 e. The van der Waals surface area contributed by atoms with E-state index in [2.05, 4.69) is 54.0 Å². The van der Waals surface area contributed by atoms with E-state index >= 15 is 0 Å². The molecular weight excluding hydrogens is 1330 g/mol. The van der Waals surface area contributed by atoms with Crippen LogP contribution in [0.25, 0.3) is 0 Å². The van der Waals surface area contributed by atoms with Gasteiger partial charge in [-0.3, -0.25) is 14.4 Å². The van der Waals surface area contributed by atoms with E-state index in [1.807, 2.05) is 0 Å². The van der Waals surface area contributed by atoms with Crippen LogP contribution in [0.2, 0.25) is 0 Å². The summed E-state index contributed by atoms with van der Waals surface area (Å²) in [7, 11) is 0. The molecule has 6 N–H and O–H groups in total. The molecule has 17 fully saturated rings. The Balaban J connectivity index is 0.000000166. The van der Waals surface area contributed by atoms with E-state index in [0.29, 0.717) is 76.5 Å². The predicted molar refractivity (Wildman–Crippen MR) is 370 cm³/mol. The first-order valence-electron chi connectivity index (χ1n) is 39.9. The van der Waals surface area contributed by atoms with E-state index in [-0.39, 0.29) is 214 Å². The van der Waals surface area contributed by atoms with E-state index < -0.39 is 66.8 Å². The summed E-state index contributed by atoms with van der Waals surface area (Å²) >= 11 is 0. The third kappa shape index (κ3) is 15.8. The molecule has 23 nitrogen and oxygen atoms in total. The fraction of sp³-hybridized carbons (Fsp3) is 0.863. The molecule has 0 aromatic heterocycles. The Morgan fingerprint density at radius 3 is 1.42 bits per heavy atom. The molecule has 17 aliphatic rings. The number of aliphatic hydroxyl groups excluding tert-OH is 6. The van der Waals surface area contributed by atoms with Crippen LogP contribution in [0.3, 0.4) is 0 Å². The Morgan fingerprint density at radius 1 is 0.398 bits per heavy atom. The zero-order chi connectivity index (χ0) is 72.0. The lowest BCUT2D eigenvalue weighted by Gasteiger charge is -2.47. The maximum atomic E-state index is 14.0. The molecule has 17 saturated heterocycles. The minimum Gasteiger partial charge on any atom is -0.394 e. The second-order valence-corrected chi connectivity index (χ2v) is 34.5. The van der Waals surface area contributed by atoms with Crippen molar-refractivity contribution in [2.75, 3.05) is 13.2 Å². The van der Waals surface area contributed by atoms with Crippen molar-refractivity contribution in [3.05, 3.63) is 48.6 Å². The lowest BCUT2D eigenvalue weighted by atomic mass is 9.79. The van der Waals surface area contributed by atoms with Crippen LogP contribution in [0.4, 0.5) is 0 Å². The smallest absolute Gasteiger partial charge is 0.172 e. The van der Waals surface area contributed by atoms with Crippen LogP contribution >= 0.6 is 0 Å². The number of ketones is 3. The average Bonchev–Trinajstić information content (AvgIpc) is 1.55. The number of hydrogen-bond donors (Lipinski definition) is 6. The minimum absolute atomic E-state index is 0.00785. The average molecular weight is 1450 g/mol. The Kier molecular flexibility index (Phi) is 23.1. The zero-order valence-electron chi connectivity index (χ0n) is 61.0. The van der Waals surface area contributed by atoms with Gasteiger partial charge in [0, 0.05) is 77.0 Å². The summed E-state index contributed by atoms with van der Waals surface area (Å²) < 4.78 is 92.3. The molecule has 17 aliphatic heterocycles. The molecule has 17 heterocycles. The summed E-state index contributed by atoms with van der Waals surface area (Å²) in [6, 6.07) is 0. The van der Waals surface area contributed by atoms with Gasteiger partial charge >= 0.3 is 0 Å². The highest BCUT2D eigenvalue weighted by molar-refractivity contribution is 5.80. The molecule has 0 saturated carbocycles. The molecule has 0 aromatic rings. The standard InChI is InChI=1S/C40H60O12.C40H58O11/c1-19-11-27-7-9-30-20(2)12-26(47-30)6-5-23(42)15-35-36(45)39-40(52-35)37(46)38-31(51-39)10-8-28(49-38)13-24(43)14-29-22(4)32(16-25(44)18-41)50-34(29)17-33(48-27)21(19)3;1-19-11-25-5-7-29-20(2)12-27(44-29)9-10-40-17-34-36(50-40)37-38(49-34)39(51-40)35-30(48-37)8-6-26(46-35)13-23(42)14-28-22(4)31(15-24(43)18-41)47-33(28)16-32(45-25)21(19)3/h19,22,25-41,44-46H,2-3,5-18H2,1,4H3;19,22,24-39,41,43H,2-3,5-18H2,1,4H3/t19-,22-,25+,26+,27?,28?,29-,30+,31+,32-,33-,34+,35?,36+,37+,38+,39+,40+;19-,22-,24+,25?,26?,27+,28-,29+,30?,31-,32-,33+,34+,35?,36?,37+,38-,39+,40?/m11/s1. The lowest BCUT2D eigenvalue weighted by molar-refractivity contribution is -0.292. The molecule has 0 aliphatic carbocycles. The number of carbonyl (C=O) groups is 3. The topological polar surface area (TPSA) is 302 Å². The van der Waals surface area contributed by atoms with Crippen molar-refractivity contribution >= 4 is 17.3 Å². The van der Waals surface area contributed by atoms with Crippen molar-refractivity contribution in [2.45, 2.75) is 384 Å². The van der Waals surface area contributed by atoms with Crippen LogP contribution < -0.4 is 0 Å². The highest BCUT2D eigenvalue weighted by Crippen LogP contribution is 2.55. The molecule has 0 amide bonds. The Bertz CT molecular complexity index is 3070. The van der Waals surface area contributed by atoms with Crippen molar-refractivity contribution in [2.24, 2.45) is 35.5 Å². The van der Waals surface area contributed by atoms with Gasteiger partial charge in [-0.2, -0.15) is 0 Å². The number of rotatable bonds is 6. The first-order valence-corrected chi connectivity index (χ1v) is 39.9. The summed E-state index contributed by atoms with van der Waals surface area (Å²) in [5.41, 5.74) is 4.26. The number of Topliss-reactive ketones (excluding diaryl/α,β-unsaturated/α-hetero) is 3. The van der Waals surface area contributed by atoms with Gasteiger partial charge in [0.15, 0.2) is 5.79 Å². The molecule has 37 atom stereocenters. The SMILES string of the molecule is C=C1C[C@@H]2CCC(=O)CC3O[C@H]4[C@@H](O)[C@H]5OC(CC[C@@H]5O[C@H]4[C@H]3O)CC(=O)C[C@@H]3[C@@H](C)[C@@H](C[C@H](O)CO)O[C@H]3C[C@H]3OC(CC[C@@H]1O2)C[C@@H](C)C3=C.C=C1C[C@@H]2CCC34C[C@@H]5O[C@H]6[C@@H](O3)C3OC(CCC3O[C@H]6C5O4)CC(=O)C[C@@H]3[C@@H](C)[C@@H](C[C@H](O)CO)O[C@H]3C[C@H]3OC(CC[C@@H]1O2)C[C@@H](C)C3=C. The largest absolute Gasteiger partial charge is 0.394 e. The van der Waals surface area contributed by atoms with Crippen LogP contribution in [0.5, 0.6) is 0 Å². The summed E-state index contributed by atoms with van der Waals surface area (Å²) in [6.07, 6.45) is 3.80. The van der Waals surface area contributed by atoms with E-state index in [1.165, 1.54) is 0 Å². The summed E-state index contributed by atoms with van der Waals surface area (Å²) in [4.78, 5) is 40.9. The molecule has 103 heavy (non-hydrogen) atoms. The van der Waals surface area contributed by atoms with E-state index in [0.717, 1.165) is 86.5 Å². The fourth-order valence-corrected chi connectivity index (χ4v) is 21.4. The Labute approximate surface area is 607 Å². The van der Waals surface area contributed by atoms with Crippen molar-refractivity contribution < 1.29 is 111 Å².